The maximum absolute atomic E-state index is 4.39. The molecule has 0 bridgehead atoms. The molecule has 0 saturated carbocycles. The quantitative estimate of drug-likeness (QED) is 0.784. The Morgan fingerprint density at radius 1 is 1.14 bits per heavy atom. The summed E-state index contributed by atoms with van der Waals surface area (Å²) in [6.45, 7) is 3.02. The molecule has 0 amide bonds. The summed E-state index contributed by atoms with van der Waals surface area (Å²) in [4.78, 5) is 6.74. The van der Waals surface area contributed by atoms with Crippen LogP contribution < -0.4 is 0 Å². The topological polar surface area (TPSA) is 44.8 Å². The molecule has 0 spiro atoms. The van der Waals surface area contributed by atoms with Crippen LogP contribution in [0.25, 0.3) is 10.9 Å². The Kier molecular flexibility index (Phi) is 3.16. The summed E-state index contributed by atoms with van der Waals surface area (Å²) in [7, 11) is 0. The van der Waals surface area contributed by atoms with Crippen LogP contribution in [-0.4, -0.2) is 26.6 Å². The number of fused-ring (bicyclic) bond motifs is 2. The molecule has 2 aromatic heterocycles. The molecule has 0 aliphatic carbocycles. The van der Waals surface area contributed by atoms with Gasteiger partial charge in [-0.1, -0.05) is 18.2 Å². The summed E-state index contributed by atoms with van der Waals surface area (Å²) >= 11 is 0. The first-order chi connectivity index (χ1) is 10.4. The van der Waals surface area contributed by atoms with Gasteiger partial charge in [0.05, 0.1) is 11.2 Å². The Balaban J connectivity index is 1.60. The summed E-state index contributed by atoms with van der Waals surface area (Å²) in [5, 5.41) is 8.82. The lowest BCUT2D eigenvalue weighted by molar-refractivity contribution is 0.259. The molecule has 0 radical (unpaired) electrons. The lowest BCUT2D eigenvalue weighted by atomic mass is 10.1. The van der Waals surface area contributed by atoms with Crippen LogP contribution in [0.1, 0.15) is 23.2 Å². The van der Waals surface area contributed by atoms with Crippen LogP contribution in [0.5, 0.6) is 0 Å². The van der Waals surface area contributed by atoms with Gasteiger partial charge in [0.2, 0.25) is 0 Å². The lowest BCUT2D eigenvalue weighted by Gasteiger charge is -2.19. The fourth-order valence-corrected chi connectivity index (χ4v) is 3.14. The summed E-state index contributed by atoms with van der Waals surface area (Å²) in [5.74, 6) is 0. The van der Waals surface area contributed by atoms with Crippen molar-refractivity contribution in [1.82, 2.24) is 20.1 Å². The van der Waals surface area contributed by atoms with Crippen molar-refractivity contribution in [2.24, 2.45) is 0 Å². The van der Waals surface area contributed by atoms with E-state index in [4.69, 9.17) is 0 Å². The van der Waals surface area contributed by atoms with Gasteiger partial charge in [0.15, 0.2) is 0 Å². The van der Waals surface area contributed by atoms with E-state index in [0.717, 1.165) is 31.6 Å². The average Bonchev–Trinajstić information content (AvgIpc) is 2.80. The van der Waals surface area contributed by atoms with Crippen molar-refractivity contribution in [2.75, 3.05) is 6.54 Å². The van der Waals surface area contributed by atoms with E-state index in [0.29, 0.717) is 0 Å². The van der Waals surface area contributed by atoms with Crippen molar-refractivity contribution in [3.63, 3.8) is 0 Å². The number of hydrogen-bond donors (Lipinski definition) is 1. The summed E-state index contributed by atoms with van der Waals surface area (Å²) in [6, 6.07) is 10.5. The molecule has 3 aromatic rings. The Labute approximate surface area is 123 Å². The molecule has 0 fully saturated rings. The number of pyridine rings is 1. The zero-order chi connectivity index (χ0) is 14.1. The Bertz CT molecular complexity index is 762. The molecule has 4 nitrogen and oxygen atoms in total. The second-order valence-corrected chi connectivity index (χ2v) is 5.68. The zero-order valence-electron chi connectivity index (χ0n) is 11.9. The number of hydrogen-bond acceptors (Lipinski definition) is 3. The molecule has 4 rings (SSSR count). The monoisotopic (exact) mass is 278 g/mol. The summed E-state index contributed by atoms with van der Waals surface area (Å²) < 4.78 is 0. The van der Waals surface area contributed by atoms with E-state index >= 15 is 0 Å². The van der Waals surface area contributed by atoms with Crippen molar-refractivity contribution >= 4 is 10.9 Å². The molecule has 1 N–H and O–H groups in total. The highest BCUT2D eigenvalue weighted by molar-refractivity contribution is 5.81. The SMILES string of the molecule is c1ccc2c(CN3CCCc4cnccc4C3)[nH]nc2c1. The van der Waals surface area contributed by atoms with Crippen LogP contribution in [0.4, 0.5) is 0 Å². The number of para-hydroxylation sites is 1. The number of nitrogens with zero attached hydrogens (tertiary/aromatic N) is 3. The number of H-pyrrole nitrogens is 1. The standard InChI is InChI=1S/C17H18N4/c1-2-6-16-15(5-1)17(20-19-16)12-21-9-3-4-13-10-18-8-7-14(13)11-21/h1-2,5-8,10H,3-4,9,11-12H2,(H,19,20). The highest BCUT2D eigenvalue weighted by atomic mass is 15.2. The van der Waals surface area contributed by atoms with Crippen molar-refractivity contribution in [3.8, 4) is 0 Å². The summed E-state index contributed by atoms with van der Waals surface area (Å²) in [6.07, 6.45) is 6.23. The highest BCUT2D eigenvalue weighted by Gasteiger charge is 2.16. The summed E-state index contributed by atoms with van der Waals surface area (Å²) in [5.41, 5.74) is 5.07. The van der Waals surface area contributed by atoms with Gasteiger partial charge < -0.3 is 0 Å². The number of aryl methyl sites for hydroxylation is 1. The minimum Gasteiger partial charge on any atom is -0.293 e. The molecule has 1 aliphatic heterocycles. The van der Waals surface area contributed by atoms with Gasteiger partial charge in [-0.3, -0.25) is 15.0 Å². The molecule has 1 aliphatic rings. The molecule has 0 saturated heterocycles. The lowest BCUT2D eigenvalue weighted by Crippen LogP contribution is -2.23. The third-order valence-corrected chi connectivity index (χ3v) is 4.24. The van der Waals surface area contributed by atoms with Crippen molar-refractivity contribution in [1.29, 1.82) is 0 Å². The predicted octanol–water partition coefficient (Wildman–Crippen LogP) is 2.91. The number of rotatable bonds is 2. The molecule has 1 aromatic carbocycles. The van der Waals surface area contributed by atoms with Gasteiger partial charge >= 0.3 is 0 Å². The number of benzene rings is 1. The largest absolute Gasteiger partial charge is 0.293 e. The van der Waals surface area contributed by atoms with Gasteiger partial charge in [-0.15, -0.1) is 0 Å². The normalized spacial score (nSPS) is 15.8. The van der Waals surface area contributed by atoms with E-state index in [1.165, 1.54) is 28.6 Å². The fraction of sp³-hybridized carbons (Fsp3) is 0.294. The van der Waals surface area contributed by atoms with Crippen LogP contribution in [0.2, 0.25) is 0 Å². The third-order valence-electron chi connectivity index (χ3n) is 4.24. The third kappa shape index (κ3) is 2.43. The van der Waals surface area contributed by atoms with Gasteiger partial charge in [-0.25, -0.2) is 0 Å². The number of aromatic amines is 1. The molecule has 4 heteroatoms. The molecule has 106 valence electrons. The Morgan fingerprint density at radius 2 is 2.10 bits per heavy atom. The maximum atomic E-state index is 4.39. The molecule has 0 atom stereocenters. The van der Waals surface area contributed by atoms with Gasteiger partial charge in [-0.2, -0.15) is 5.10 Å². The van der Waals surface area contributed by atoms with Crippen molar-refractivity contribution in [3.05, 3.63) is 59.5 Å². The van der Waals surface area contributed by atoms with Crippen LogP contribution in [-0.2, 0) is 19.5 Å². The second kappa shape index (κ2) is 5.30. The van der Waals surface area contributed by atoms with Crippen molar-refractivity contribution < 1.29 is 0 Å². The molecular formula is C17H18N4. The fourth-order valence-electron chi connectivity index (χ4n) is 3.14. The van der Waals surface area contributed by atoms with E-state index in [1.54, 1.807) is 0 Å². The van der Waals surface area contributed by atoms with Crippen LogP contribution in [0.15, 0.2) is 42.7 Å². The van der Waals surface area contributed by atoms with E-state index in [2.05, 4.69) is 44.3 Å². The van der Waals surface area contributed by atoms with Crippen LogP contribution >= 0.6 is 0 Å². The first-order valence-corrected chi connectivity index (χ1v) is 7.46. The van der Waals surface area contributed by atoms with E-state index in [9.17, 15) is 0 Å². The zero-order valence-corrected chi connectivity index (χ0v) is 11.9. The first-order valence-electron chi connectivity index (χ1n) is 7.46. The van der Waals surface area contributed by atoms with E-state index < -0.39 is 0 Å². The minimum absolute atomic E-state index is 0.919. The Morgan fingerprint density at radius 3 is 3.10 bits per heavy atom. The molecule has 21 heavy (non-hydrogen) atoms. The maximum Gasteiger partial charge on any atom is 0.0924 e. The molecule has 0 unspecified atom stereocenters. The van der Waals surface area contributed by atoms with Crippen LogP contribution in [0, 0.1) is 0 Å². The number of aromatic nitrogens is 3. The van der Waals surface area contributed by atoms with Gasteiger partial charge in [0, 0.05) is 30.9 Å². The minimum atomic E-state index is 0.919. The Hall–Kier alpha value is -2.20. The first kappa shape index (κ1) is 12.5. The van der Waals surface area contributed by atoms with Gasteiger partial charge in [0.1, 0.15) is 0 Å². The molecular weight excluding hydrogens is 260 g/mol. The van der Waals surface area contributed by atoms with Crippen LogP contribution in [0.3, 0.4) is 0 Å². The van der Waals surface area contributed by atoms with E-state index in [1.807, 2.05) is 18.5 Å². The average molecular weight is 278 g/mol. The molecule has 3 heterocycles. The second-order valence-electron chi connectivity index (χ2n) is 5.68. The number of nitrogens with one attached hydrogen (secondary N) is 1. The van der Waals surface area contributed by atoms with Crippen molar-refractivity contribution in [2.45, 2.75) is 25.9 Å². The smallest absolute Gasteiger partial charge is 0.0924 e. The predicted molar refractivity (Wildman–Crippen MR) is 82.8 cm³/mol. The van der Waals surface area contributed by atoms with E-state index in [-0.39, 0.29) is 0 Å². The highest BCUT2D eigenvalue weighted by Crippen LogP contribution is 2.21. The van der Waals surface area contributed by atoms with Gasteiger partial charge in [-0.05, 0) is 42.6 Å². The van der Waals surface area contributed by atoms with Gasteiger partial charge in [0.25, 0.3) is 0 Å².